The predicted octanol–water partition coefficient (Wildman–Crippen LogP) is 2.24. The molecule has 2 fully saturated rings. The van der Waals surface area contributed by atoms with E-state index in [-0.39, 0.29) is 0 Å². The highest BCUT2D eigenvalue weighted by Crippen LogP contribution is 2.24. The fourth-order valence-corrected chi connectivity index (χ4v) is 3.91. The van der Waals surface area contributed by atoms with E-state index in [2.05, 4.69) is 36.0 Å². The maximum absolute atomic E-state index is 12.8. The molecule has 1 saturated carbocycles. The van der Waals surface area contributed by atoms with Crippen molar-refractivity contribution in [2.24, 2.45) is 0 Å². The van der Waals surface area contributed by atoms with Gasteiger partial charge in [-0.1, -0.05) is 19.3 Å². The fraction of sp³-hybridized carbons (Fsp3) is 0.941. The van der Waals surface area contributed by atoms with E-state index in [0.29, 0.717) is 30.6 Å². The van der Waals surface area contributed by atoms with Crippen LogP contribution in [0, 0.1) is 0 Å². The Kier molecular flexibility index (Phi) is 6.49. The molecular formula is C17H33N3O. The first-order valence-electron chi connectivity index (χ1n) is 8.81. The molecule has 0 aromatic heterocycles. The topological polar surface area (TPSA) is 35.6 Å². The summed E-state index contributed by atoms with van der Waals surface area (Å²) in [5.41, 5.74) is 0. The molecule has 1 amide bonds. The number of likely N-dealkylation sites (N-methyl/N-ethyl adjacent to an activating group) is 1. The first-order valence-corrected chi connectivity index (χ1v) is 8.81. The standard InChI is InChI=1S/C17H33N3O/c1-14(2)20(15-8-5-4-6-9-15)17(21)13-19(3)16-10-7-11-18-12-16/h14-16,18H,4-13H2,1-3H3. The summed E-state index contributed by atoms with van der Waals surface area (Å²) in [6.07, 6.45) is 8.72. The van der Waals surface area contributed by atoms with Crippen LogP contribution >= 0.6 is 0 Å². The molecule has 1 atom stereocenters. The molecule has 4 heteroatoms. The smallest absolute Gasteiger partial charge is 0.237 e. The van der Waals surface area contributed by atoms with Gasteiger partial charge in [0.25, 0.3) is 0 Å². The van der Waals surface area contributed by atoms with Crippen LogP contribution in [-0.4, -0.2) is 60.5 Å². The lowest BCUT2D eigenvalue weighted by molar-refractivity contribution is -0.137. The van der Waals surface area contributed by atoms with Gasteiger partial charge in [-0.05, 0) is 53.1 Å². The van der Waals surface area contributed by atoms with Gasteiger partial charge in [0.1, 0.15) is 0 Å². The summed E-state index contributed by atoms with van der Waals surface area (Å²) in [7, 11) is 2.11. The van der Waals surface area contributed by atoms with Crippen molar-refractivity contribution in [3.63, 3.8) is 0 Å². The highest BCUT2D eigenvalue weighted by atomic mass is 16.2. The number of rotatable bonds is 5. The quantitative estimate of drug-likeness (QED) is 0.845. The summed E-state index contributed by atoms with van der Waals surface area (Å²) < 4.78 is 0. The van der Waals surface area contributed by atoms with Gasteiger partial charge in [0.05, 0.1) is 6.54 Å². The zero-order chi connectivity index (χ0) is 15.2. The highest BCUT2D eigenvalue weighted by molar-refractivity contribution is 5.79. The Morgan fingerprint density at radius 1 is 1.10 bits per heavy atom. The lowest BCUT2D eigenvalue weighted by atomic mass is 9.93. The van der Waals surface area contributed by atoms with Crippen LogP contribution in [0.2, 0.25) is 0 Å². The monoisotopic (exact) mass is 295 g/mol. The van der Waals surface area contributed by atoms with Crippen LogP contribution in [0.25, 0.3) is 0 Å². The molecule has 2 aliphatic rings. The van der Waals surface area contributed by atoms with E-state index >= 15 is 0 Å². The molecule has 1 heterocycles. The number of nitrogens with zero attached hydrogens (tertiary/aromatic N) is 2. The zero-order valence-corrected chi connectivity index (χ0v) is 14.1. The van der Waals surface area contributed by atoms with Crippen molar-refractivity contribution in [2.75, 3.05) is 26.7 Å². The zero-order valence-electron chi connectivity index (χ0n) is 14.1. The Morgan fingerprint density at radius 2 is 1.76 bits per heavy atom. The summed E-state index contributed by atoms with van der Waals surface area (Å²) in [6.45, 7) is 7.04. The first kappa shape index (κ1) is 16.8. The van der Waals surface area contributed by atoms with Crippen molar-refractivity contribution >= 4 is 5.91 Å². The molecule has 0 spiro atoms. The van der Waals surface area contributed by atoms with Gasteiger partial charge in [0.15, 0.2) is 0 Å². The van der Waals surface area contributed by atoms with Gasteiger partial charge >= 0.3 is 0 Å². The Labute approximate surface area is 130 Å². The Bertz CT molecular complexity index is 320. The molecule has 1 unspecified atom stereocenters. The lowest BCUT2D eigenvalue weighted by Crippen LogP contribution is -2.52. The Hall–Kier alpha value is -0.610. The van der Waals surface area contributed by atoms with Crippen molar-refractivity contribution in [1.82, 2.24) is 15.1 Å². The molecule has 0 aromatic rings. The number of hydrogen-bond donors (Lipinski definition) is 1. The van der Waals surface area contributed by atoms with E-state index in [1.54, 1.807) is 0 Å². The lowest BCUT2D eigenvalue weighted by Gasteiger charge is -2.39. The van der Waals surface area contributed by atoms with Crippen LogP contribution in [0.1, 0.15) is 58.8 Å². The fourth-order valence-electron chi connectivity index (χ4n) is 3.91. The van der Waals surface area contributed by atoms with E-state index < -0.39 is 0 Å². The third kappa shape index (κ3) is 4.68. The second-order valence-electron chi connectivity index (χ2n) is 7.10. The van der Waals surface area contributed by atoms with Gasteiger partial charge in [-0.3, -0.25) is 9.69 Å². The molecule has 1 aliphatic heterocycles. The molecule has 0 bridgehead atoms. The van der Waals surface area contributed by atoms with Crippen molar-refractivity contribution in [3.05, 3.63) is 0 Å². The molecular weight excluding hydrogens is 262 g/mol. The molecule has 1 saturated heterocycles. The number of nitrogens with one attached hydrogen (secondary N) is 1. The van der Waals surface area contributed by atoms with E-state index in [0.717, 1.165) is 13.1 Å². The van der Waals surface area contributed by atoms with Gasteiger partial charge in [0, 0.05) is 24.7 Å². The molecule has 1 N–H and O–H groups in total. The summed E-state index contributed by atoms with van der Waals surface area (Å²) in [4.78, 5) is 17.2. The van der Waals surface area contributed by atoms with Crippen molar-refractivity contribution in [3.8, 4) is 0 Å². The second-order valence-corrected chi connectivity index (χ2v) is 7.10. The van der Waals surface area contributed by atoms with Gasteiger partial charge in [-0.15, -0.1) is 0 Å². The van der Waals surface area contributed by atoms with E-state index in [1.807, 2.05) is 0 Å². The van der Waals surface area contributed by atoms with Gasteiger partial charge in [-0.2, -0.15) is 0 Å². The number of carbonyl (C=O) groups excluding carboxylic acids is 1. The maximum atomic E-state index is 12.8. The number of piperidine rings is 1. The third-order valence-corrected chi connectivity index (χ3v) is 5.09. The molecule has 4 nitrogen and oxygen atoms in total. The van der Waals surface area contributed by atoms with Gasteiger partial charge < -0.3 is 10.2 Å². The van der Waals surface area contributed by atoms with Gasteiger partial charge in [0.2, 0.25) is 5.91 Å². The average molecular weight is 295 g/mol. The molecule has 0 radical (unpaired) electrons. The third-order valence-electron chi connectivity index (χ3n) is 5.09. The molecule has 0 aromatic carbocycles. The molecule has 21 heavy (non-hydrogen) atoms. The van der Waals surface area contributed by atoms with Crippen molar-refractivity contribution in [2.45, 2.75) is 76.9 Å². The second kappa shape index (κ2) is 8.14. The normalized spacial score (nSPS) is 24.5. The minimum absolute atomic E-state index is 0.318. The SMILES string of the molecule is CC(C)N(C(=O)CN(C)C1CCCNC1)C1CCCCC1. The summed E-state index contributed by atoms with van der Waals surface area (Å²) in [5.74, 6) is 0.324. The van der Waals surface area contributed by atoms with E-state index in [1.165, 1.54) is 44.9 Å². The minimum Gasteiger partial charge on any atom is -0.336 e. The van der Waals surface area contributed by atoms with Crippen LogP contribution in [-0.2, 0) is 4.79 Å². The van der Waals surface area contributed by atoms with E-state index in [9.17, 15) is 4.79 Å². The van der Waals surface area contributed by atoms with Crippen LogP contribution in [0.5, 0.6) is 0 Å². The Balaban J connectivity index is 1.91. The summed E-state index contributed by atoms with van der Waals surface area (Å²) in [5, 5.41) is 3.44. The average Bonchev–Trinajstić information content (AvgIpc) is 2.49. The van der Waals surface area contributed by atoms with Crippen LogP contribution < -0.4 is 5.32 Å². The molecule has 122 valence electrons. The number of amides is 1. The highest BCUT2D eigenvalue weighted by Gasteiger charge is 2.29. The predicted molar refractivity (Wildman–Crippen MR) is 87.4 cm³/mol. The number of carbonyl (C=O) groups is 1. The van der Waals surface area contributed by atoms with Crippen LogP contribution in [0.3, 0.4) is 0 Å². The number of hydrogen-bond acceptors (Lipinski definition) is 3. The van der Waals surface area contributed by atoms with Crippen LogP contribution in [0.4, 0.5) is 0 Å². The molecule has 2 rings (SSSR count). The largest absolute Gasteiger partial charge is 0.336 e. The maximum Gasteiger partial charge on any atom is 0.237 e. The van der Waals surface area contributed by atoms with E-state index in [4.69, 9.17) is 0 Å². The summed E-state index contributed by atoms with van der Waals surface area (Å²) in [6, 6.07) is 1.31. The molecule has 1 aliphatic carbocycles. The van der Waals surface area contributed by atoms with Gasteiger partial charge in [-0.25, -0.2) is 0 Å². The Morgan fingerprint density at radius 3 is 2.33 bits per heavy atom. The van der Waals surface area contributed by atoms with Crippen LogP contribution in [0.15, 0.2) is 0 Å². The summed E-state index contributed by atoms with van der Waals surface area (Å²) >= 11 is 0. The van der Waals surface area contributed by atoms with Crippen molar-refractivity contribution in [1.29, 1.82) is 0 Å². The van der Waals surface area contributed by atoms with Crippen molar-refractivity contribution < 1.29 is 4.79 Å². The first-order chi connectivity index (χ1) is 10.1. The minimum atomic E-state index is 0.318.